The number of allylic oxidation sites excluding steroid dienone is 2. The van der Waals surface area contributed by atoms with Crippen molar-refractivity contribution in [3.05, 3.63) is 133 Å². The number of benzene rings is 4. The molecule has 2 aliphatic carbocycles. The Bertz CT molecular complexity index is 2450. The Balaban J connectivity index is 1.31. The van der Waals surface area contributed by atoms with Crippen LogP contribution in [-0.4, -0.2) is 64.3 Å². The number of aromatic hydroxyl groups is 1. The average Bonchev–Trinajstić information content (AvgIpc) is 3.59. The Hall–Kier alpha value is -7.10. The molecular formula is C43H40N6O10. The summed E-state index contributed by atoms with van der Waals surface area (Å²) in [7, 11) is 2.83. The van der Waals surface area contributed by atoms with Crippen LogP contribution in [0.2, 0.25) is 0 Å². The topological polar surface area (TPSA) is 206 Å². The van der Waals surface area contributed by atoms with Crippen LogP contribution in [0, 0.1) is 50.8 Å². The molecule has 1 saturated carbocycles. The number of phenols is 1. The fourth-order valence-corrected chi connectivity index (χ4v) is 9.81. The Morgan fingerprint density at radius 2 is 1.54 bits per heavy atom. The molecule has 3 fully saturated rings. The summed E-state index contributed by atoms with van der Waals surface area (Å²) in [6.07, 6.45) is 1.85. The Kier molecular flexibility index (Phi) is 9.44. The lowest BCUT2D eigenvalue weighted by Crippen LogP contribution is -2.53. The summed E-state index contributed by atoms with van der Waals surface area (Å²) < 4.78 is 5.80. The van der Waals surface area contributed by atoms with Crippen molar-refractivity contribution in [2.75, 3.05) is 35.9 Å². The first-order chi connectivity index (χ1) is 28.2. The van der Waals surface area contributed by atoms with Crippen molar-refractivity contribution in [3.63, 3.8) is 0 Å². The maximum atomic E-state index is 15.4. The van der Waals surface area contributed by atoms with Crippen molar-refractivity contribution in [2.45, 2.75) is 38.0 Å². The highest BCUT2D eigenvalue weighted by Crippen LogP contribution is 2.64. The van der Waals surface area contributed by atoms with Gasteiger partial charge in [0.05, 0.1) is 51.0 Å². The third-order valence-corrected chi connectivity index (χ3v) is 12.2. The first kappa shape index (κ1) is 38.8. The number of phenolic OH excluding ortho intramolecular Hbond substituents is 1. The zero-order valence-electron chi connectivity index (χ0n) is 32.5. The summed E-state index contributed by atoms with van der Waals surface area (Å²) in [6.45, 7) is 3.88. The van der Waals surface area contributed by atoms with Gasteiger partial charge in [-0.25, -0.2) is 4.90 Å². The first-order valence-electron chi connectivity index (χ1n) is 19.1. The number of hydrogen-bond donors (Lipinski definition) is 2. The molecule has 4 aromatic carbocycles. The van der Waals surface area contributed by atoms with Gasteiger partial charge in [0.25, 0.3) is 11.8 Å². The van der Waals surface area contributed by atoms with E-state index in [-0.39, 0.29) is 42.3 Å². The predicted molar refractivity (Wildman–Crippen MR) is 215 cm³/mol. The second-order valence-electron chi connectivity index (χ2n) is 15.5. The third-order valence-electron chi connectivity index (χ3n) is 12.2. The zero-order chi connectivity index (χ0) is 42.1. The predicted octanol–water partition coefficient (Wildman–Crippen LogP) is 6.17. The number of carbonyl (C=O) groups is 4. The van der Waals surface area contributed by atoms with Gasteiger partial charge in [0.2, 0.25) is 11.8 Å². The van der Waals surface area contributed by atoms with Gasteiger partial charge in [-0.05, 0) is 68.0 Å². The lowest BCUT2D eigenvalue weighted by molar-refractivity contribution is -0.392. The second-order valence-corrected chi connectivity index (χ2v) is 15.5. The molecule has 0 aromatic heterocycles. The lowest BCUT2D eigenvalue weighted by Gasteiger charge is -2.50. The molecule has 2 aliphatic heterocycles. The molecule has 4 aromatic rings. The zero-order valence-corrected chi connectivity index (χ0v) is 32.5. The normalized spacial score (nSPS) is 24.6. The van der Waals surface area contributed by atoms with Crippen molar-refractivity contribution in [3.8, 4) is 11.5 Å². The van der Waals surface area contributed by atoms with Crippen molar-refractivity contribution in [2.24, 2.45) is 23.7 Å². The van der Waals surface area contributed by atoms with Gasteiger partial charge in [-0.1, -0.05) is 65.7 Å². The standard InChI is InChI=1S/C43H40N6O10/c1-5-59-35-19-24(13-18-34(35)50)37-28-16-17-29-36(41(53)46(39(29)51)27-20-32(48(55)56)38(45(3)4)33(21-27)49(57)58)30(28)22-31-40(52)47(44-26-14-11-23(2)12-15-26)42(54)43(31,37)25-9-7-6-8-10-25/h6-16,18-21,29-31,36-37,44,50H,5,17,22H2,1-4H3/t29-,30+,31-,36-,37-,43+/m0/s1. The van der Waals surface area contributed by atoms with Crippen LogP contribution in [0.4, 0.5) is 28.4 Å². The van der Waals surface area contributed by atoms with Gasteiger partial charge in [0.15, 0.2) is 17.2 Å². The Labute approximate surface area is 337 Å². The monoisotopic (exact) mass is 800 g/mol. The van der Waals surface area contributed by atoms with Gasteiger partial charge in [0, 0.05) is 32.1 Å². The number of carbonyl (C=O) groups excluding carboxylic acids is 4. The molecule has 8 rings (SSSR count). The number of nitro benzene ring substituents is 2. The number of anilines is 3. The fraction of sp³-hybridized carbons (Fsp3) is 0.302. The van der Waals surface area contributed by atoms with Gasteiger partial charge in [-0.2, -0.15) is 5.01 Å². The first-order valence-corrected chi connectivity index (χ1v) is 19.1. The molecule has 4 amide bonds. The second kappa shape index (κ2) is 14.4. The molecule has 0 radical (unpaired) electrons. The van der Waals surface area contributed by atoms with Crippen LogP contribution in [0.1, 0.15) is 42.4 Å². The number of nitrogens with zero attached hydrogens (tertiary/aromatic N) is 5. The molecule has 2 N–H and O–H groups in total. The molecule has 0 spiro atoms. The van der Waals surface area contributed by atoms with Crippen molar-refractivity contribution in [1.82, 2.24) is 5.01 Å². The Morgan fingerprint density at radius 1 is 0.881 bits per heavy atom. The van der Waals surface area contributed by atoms with Crippen LogP contribution >= 0.6 is 0 Å². The molecule has 2 saturated heterocycles. The average molecular weight is 801 g/mol. The SMILES string of the molecule is CCOc1cc([C@H]2C3=CC[C@@H]4C(=O)N(c5cc([N+](=O)[O-])c(N(C)C)c([N+](=O)[O-])c5)C(=O)[C@@H]4[C@@H]3C[C@H]3C(=O)N(Nc4ccc(C)cc4)C(=O)[C@@]23c2ccccc2)ccc1O. The molecule has 6 atom stereocenters. The van der Waals surface area contributed by atoms with Crippen LogP contribution in [0.3, 0.4) is 0 Å². The van der Waals surface area contributed by atoms with Gasteiger partial charge in [-0.15, -0.1) is 0 Å². The van der Waals surface area contributed by atoms with Gasteiger partial charge >= 0.3 is 11.4 Å². The number of imide groups is 2. The van der Waals surface area contributed by atoms with E-state index in [4.69, 9.17) is 4.74 Å². The van der Waals surface area contributed by atoms with E-state index in [1.54, 1.807) is 61.5 Å². The van der Waals surface area contributed by atoms with Crippen LogP contribution in [0.15, 0.2) is 96.6 Å². The van der Waals surface area contributed by atoms with Crippen LogP contribution in [0.25, 0.3) is 0 Å². The maximum Gasteiger partial charge on any atom is 0.301 e. The van der Waals surface area contributed by atoms with E-state index in [2.05, 4.69) is 5.43 Å². The minimum atomic E-state index is -1.58. The minimum absolute atomic E-state index is 0.0296. The van der Waals surface area contributed by atoms with E-state index in [1.165, 1.54) is 25.1 Å². The van der Waals surface area contributed by atoms with Crippen molar-refractivity contribution >= 4 is 52.1 Å². The molecule has 0 bridgehead atoms. The lowest BCUT2D eigenvalue weighted by atomic mass is 9.49. The highest BCUT2D eigenvalue weighted by molar-refractivity contribution is 6.23. The molecular weight excluding hydrogens is 761 g/mol. The quantitative estimate of drug-likeness (QED) is 0.0800. The number of rotatable bonds is 10. The number of hydrazine groups is 1. The number of fused-ring (bicyclic) bond motifs is 4. The largest absolute Gasteiger partial charge is 0.504 e. The highest BCUT2D eigenvalue weighted by atomic mass is 16.6. The molecule has 59 heavy (non-hydrogen) atoms. The summed E-state index contributed by atoms with van der Waals surface area (Å²) in [6, 6.07) is 22.9. The molecule has 16 heteroatoms. The van der Waals surface area contributed by atoms with E-state index in [9.17, 15) is 39.7 Å². The van der Waals surface area contributed by atoms with Gasteiger partial charge in [0.1, 0.15) is 0 Å². The smallest absolute Gasteiger partial charge is 0.301 e. The van der Waals surface area contributed by atoms with Crippen LogP contribution in [0.5, 0.6) is 11.5 Å². The number of aryl methyl sites for hydroxylation is 1. The molecule has 302 valence electrons. The number of amides is 4. The van der Waals surface area contributed by atoms with E-state index >= 15 is 4.79 Å². The van der Waals surface area contributed by atoms with Crippen molar-refractivity contribution in [1.29, 1.82) is 0 Å². The minimum Gasteiger partial charge on any atom is -0.504 e. The number of hydrogen-bond acceptors (Lipinski definition) is 12. The fourth-order valence-electron chi connectivity index (χ4n) is 9.81. The molecule has 16 nitrogen and oxygen atoms in total. The van der Waals surface area contributed by atoms with E-state index in [0.717, 1.165) is 27.6 Å². The number of nitrogens with one attached hydrogen (secondary N) is 1. The third kappa shape index (κ3) is 5.88. The van der Waals surface area contributed by atoms with Gasteiger partial charge in [-0.3, -0.25) is 44.8 Å². The summed E-state index contributed by atoms with van der Waals surface area (Å²) in [5.74, 6) is -7.35. The van der Waals surface area contributed by atoms with Crippen LogP contribution < -0.4 is 20.0 Å². The summed E-state index contributed by atoms with van der Waals surface area (Å²) in [5.41, 5.74) is 2.69. The van der Waals surface area contributed by atoms with Gasteiger partial charge < -0.3 is 14.7 Å². The van der Waals surface area contributed by atoms with Crippen molar-refractivity contribution < 1.29 is 38.9 Å². The highest BCUT2D eigenvalue weighted by Gasteiger charge is 2.70. The Morgan fingerprint density at radius 3 is 2.15 bits per heavy atom. The summed E-state index contributed by atoms with van der Waals surface area (Å²) in [5, 5.41) is 36.4. The summed E-state index contributed by atoms with van der Waals surface area (Å²) in [4.78, 5) is 84.5. The molecule has 0 unspecified atom stereocenters. The molecule has 2 heterocycles. The maximum absolute atomic E-state index is 15.4. The number of ether oxygens (including phenoxy) is 1. The molecule has 4 aliphatic rings. The summed E-state index contributed by atoms with van der Waals surface area (Å²) >= 11 is 0. The number of nitro groups is 2. The van der Waals surface area contributed by atoms with Crippen LogP contribution in [-0.2, 0) is 24.6 Å². The van der Waals surface area contributed by atoms with E-state index in [1.807, 2.05) is 25.1 Å². The van der Waals surface area contributed by atoms with E-state index < -0.39 is 79.9 Å². The van der Waals surface area contributed by atoms with E-state index in [0.29, 0.717) is 22.4 Å².